The Morgan fingerprint density at radius 1 is 1.30 bits per heavy atom. The third-order valence-electron chi connectivity index (χ3n) is 4.20. The van der Waals surface area contributed by atoms with E-state index in [0.29, 0.717) is 22.2 Å². The SMILES string of the molecule is CCOC(=O)C1C(C)CC(C)N1C(=O)Cc1ccc(Cl)cc1Cl. The Bertz CT molecular complexity index is 606. The summed E-state index contributed by atoms with van der Waals surface area (Å²) < 4.78 is 5.14. The number of hydrogen-bond acceptors (Lipinski definition) is 3. The molecule has 0 radical (unpaired) electrons. The molecule has 0 N–H and O–H groups in total. The molecule has 1 saturated heterocycles. The van der Waals surface area contributed by atoms with Gasteiger partial charge in [0, 0.05) is 16.1 Å². The fraction of sp³-hybridized carbons (Fsp3) is 0.529. The zero-order valence-corrected chi connectivity index (χ0v) is 15.0. The van der Waals surface area contributed by atoms with Crippen LogP contribution in [0.1, 0.15) is 32.8 Å². The highest BCUT2D eigenvalue weighted by Gasteiger charge is 2.44. The van der Waals surface area contributed by atoms with Gasteiger partial charge in [0.25, 0.3) is 0 Å². The van der Waals surface area contributed by atoms with Gasteiger partial charge in [-0.2, -0.15) is 0 Å². The molecule has 4 nitrogen and oxygen atoms in total. The van der Waals surface area contributed by atoms with Gasteiger partial charge in [0.1, 0.15) is 6.04 Å². The summed E-state index contributed by atoms with van der Waals surface area (Å²) in [6.07, 6.45) is 0.923. The lowest BCUT2D eigenvalue weighted by Crippen LogP contribution is -2.47. The summed E-state index contributed by atoms with van der Waals surface area (Å²) in [4.78, 5) is 26.6. The van der Waals surface area contributed by atoms with Crippen molar-refractivity contribution in [2.75, 3.05) is 6.61 Å². The number of amides is 1. The van der Waals surface area contributed by atoms with Gasteiger partial charge in [0.15, 0.2) is 0 Å². The van der Waals surface area contributed by atoms with Crippen molar-refractivity contribution in [2.24, 2.45) is 5.92 Å². The Hall–Kier alpha value is -1.26. The fourth-order valence-electron chi connectivity index (χ4n) is 3.22. The highest BCUT2D eigenvalue weighted by atomic mass is 35.5. The number of rotatable bonds is 4. The number of carbonyl (C=O) groups excluding carboxylic acids is 2. The molecule has 2 rings (SSSR count). The maximum Gasteiger partial charge on any atom is 0.329 e. The molecule has 6 heteroatoms. The van der Waals surface area contributed by atoms with Crippen LogP contribution in [0.4, 0.5) is 0 Å². The van der Waals surface area contributed by atoms with Crippen LogP contribution in [0.2, 0.25) is 10.0 Å². The Labute approximate surface area is 146 Å². The van der Waals surface area contributed by atoms with E-state index in [9.17, 15) is 9.59 Å². The number of esters is 1. The number of benzene rings is 1. The molecule has 1 fully saturated rings. The lowest BCUT2D eigenvalue weighted by molar-refractivity contribution is -0.155. The molecule has 0 saturated carbocycles. The van der Waals surface area contributed by atoms with Gasteiger partial charge in [-0.1, -0.05) is 36.2 Å². The zero-order chi connectivity index (χ0) is 17.1. The first-order valence-corrected chi connectivity index (χ1v) is 8.52. The van der Waals surface area contributed by atoms with Gasteiger partial charge in [-0.25, -0.2) is 4.79 Å². The third kappa shape index (κ3) is 3.99. The van der Waals surface area contributed by atoms with Gasteiger partial charge >= 0.3 is 5.97 Å². The largest absolute Gasteiger partial charge is 0.464 e. The molecule has 1 aliphatic heterocycles. The lowest BCUT2D eigenvalue weighted by Gasteiger charge is -2.28. The van der Waals surface area contributed by atoms with Gasteiger partial charge in [-0.15, -0.1) is 0 Å². The lowest BCUT2D eigenvalue weighted by atomic mass is 10.0. The Kier molecular flexibility index (Phi) is 5.93. The molecule has 3 atom stereocenters. The van der Waals surface area contributed by atoms with Crippen LogP contribution in [0.3, 0.4) is 0 Å². The molecule has 1 heterocycles. The molecule has 3 unspecified atom stereocenters. The molecule has 1 aromatic rings. The zero-order valence-electron chi connectivity index (χ0n) is 13.5. The summed E-state index contributed by atoms with van der Waals surface area (Å²) in [7, 11) is 0. The molecule has 1 aromatic carbocycles. The molecule has 0 bridgehead atoms. The van der Waals surface area contributed by atoms with E-state index in [1.54, 1.807) is 30.0 Å². The smallest absolute Gasteiger partial charge is 0.329 e. The van der Waals surface area contributed by atoms with Crippen molar-refractivity contribution < 1.29 is 14.3 Å². The molecule has 126 valence electrons. The van der Waals surface area contributed by atoms with Crippen LogP contribution in [-0.2, 0) is 20.7 Å². The van der Waals surface area contributed by atoms with Gasteiger partial charge in [-0.05, 0) is 43.9 Å². The maximum absolute atomic E-state index is 12.8. The monoisotopic (exact) mass is 357 g/mol. The van der Waals surface area contributed by atoms with Crippen LogP contribution in [0.25, 0.3) is 0 Å². The van der Waals surface area contributed by atoms with Crippen LogP contribution >= 0.6 is 23.2 Å². The van der Waals surface area contributed by atoms with E-state index >= 15 is 0 Å². The molecule has 0 spiro atoms. The number of nitrogens with zero attached hydrogens (tertiary/aromatic N) is 1. The first-order chi connectivity index (χ1) is 10.8. The van der Waals surface area contributed by atoms with Crippen molar-refractivity contribution in [2.45, 2.75) is 45.7 Å². The normalized spacial score (nSPS) is 23.9. The van der Waals surface area contributed by atoms with E-state index in [1.165, 1.54) is 0 Å². The quantitative estimate of drug-likeness (QED) is 0.771. The number of likely N-dealkylation sites (tertiary alicyclic amines) is 1. The van der Waals surface area contributed by atoms with Crippen LogP contribution < -0.4 is 0 Å². The Morgan fingerprint density at radius 2 is 2.00 bits per heavy atom. The second-order valence-corrected chi connectivity index (χ2v) is 6.82. The third-order valence-corrected chi connectivity index (χ3v) is 4.79. The van der Waals surface area contributed by atoms with E-state index < -0.39 is 6.04 Å². The van der Waals surface area contributed by atoms with E-state index in [2.05, 4.69) is 0 Å². The number of hydrogen-bond donors (Lipinski definition) is 0. The second-order valence-electron chi connectivity index (χ2n) is 5.97. The highest BCUT2D eigenvalue weighted by molar-refractivity contribution is 6.35. The summed E-state index contributed by atoms with van der Waals surface area (Å²) in [5.41, 5.74) is 0.704. The van der Waals surface area contributed by atoms with Crippen LogP contribution in [0, 0.1) is 5.92 Å². The minimum absolute atomic E-state index is 0.00187. The second kappa shape index (κ2) is 7.54. The first kappa shape index (κ1) is 18.1. The fourth-order valence-corrected chi connectivity index (χ4v) is 3.70. The molecule has 23 heavy (non-hydrogen) atoms. The van der Waals surface area contributed by atoms with Crippen molar-refractivity contribution in [3.63, 3.8) is 0 Å². The average molecular weight is 358 g/mol. The predicted octanol–water partition coefficient (Wildman–Crippen LogP) is 3.72. The molecule has 1 amide bonds. The van der Waals surface area contributed by atoms with Gasteiger partial charge < -0.3 is 9.64 Å². The highest BCUT2D eigenvalue weighted by Crippen LogP contribution is 2.32. The topological polar surface area (TPSA) is 46.6 Å². The van der Waals surface area contributed by atoms with E-state index in [0.717, 1.165) is 6.42 Å². The van der Waals surface area contributed by atoms with Crippen molar-refractivity contribution in [1.29, 1.82) is 0 Å². The standard InChI is InChI=1S/C17H21Cl2NO3/c1-4-23-17(22)16-10(2)7-11(3)20(16)15(21)8-12-5-6-13(18)9-14(12)19/h5-6,9-11,16H,4,7-8H2,1-3H3. The Balaban J connectivity index is 2.19. The van der Waals surface area contributed by atoms with E-state index in [-0.39, 0.29) is 30.3 Å². The van der Waals surface area contributed by atoms with Gasteiger partial charge in [-0.3, -0.25) is 4.79 Å². The maximum atomic E-state index is 12.8. The number of ether oxygens (including phenoxy) is 1. The molecular formula is C17H21Cl2NO3. The van der Waals surface area contributed by atoms with Gasteiger partial charge in [0.2, 0.25) is 5.91 Å². The van der Waals surface area contributed by atoms with Crippen molar-refractivity contribution in [3.05, 3.63) is 33.8 Å². The Morgan fingerprint density at radius 3 is 2.61 bits per heavy atom. The van der Waals surface area contributed by atoms with E-state index in [1.807, 2.05) is 13.8 Å². The van der Waals surface area contributed by atoms with E-state index in [4.69, 9.17) is 27.9 Å². The summed E-state index contributed by atoms with van der Waals surface area (Å²) in [6.45, 7) is 6.00. The van der Waals surface area contributed by atoms with Gasteiger partial charge in [0.05, 0.1) is 13.0 Å². The average Bonchev–Trinajstić information content (AvgIpc) is 2.76. The predicted molar refractivity (Wildman–Crippen MR) is 90.7 cm³/mol. The molecular weight excluding hydrogens is 337 g/mol. The minimum Gasteiger partial charge on any atom is -0.464 e. The van der Waals surface area contributed by atoms with Crippen molar-refractivity contribution in [3.8, 4) is 0 Å². The summed E-state index contributed by atoms with van der Waals surface area (Å²) in [5.74, 6) is -0.377. The van der Waals surface area contributed by atoms with Crippen LogP contribution in [-0.4, -0.2) is 35.5 Å². The van der Waals surface area contributed by atoms with Crippen LogP contribution in [0.5, 0.6) is 0 Å². The molecule has 0 aromatic heterocycles. The molecule has 1 aliphatic rings. The van der Waals surface area contributed by atoms with Crippen molar-refractivity contribution in [1.82, 2.24) is 4.90 Å². The number of halogens is 2. The van der Waals surface area contributed by atoms with Crippen LogP contribution in [0.15, 0.2) is 18.2 Å². The summed E-state index contributed by atoms with van der Waals surface area (Å²) in [5, 5.41) is 0.984. The number of carbonyl (C=O) groups is 2. The summed E-state index contributed by atoms with van der Waals surface area (Å²) >= 11 is 12.0. The first-order valence-electron chi connectivity index (χ1n) is 7.76. The van der Waals surface area contributed by atoms with Crippen molar-refractivity contribution >= 4 is 35.1 Å². The molecule has 0 aliphatic carbocycles. The summed E-state index contributed by atoms with van der Waals surface area (Å²) in [6, 6.07) is 4.53. The minimum atomic E-state index is -0.525.